The molecule has 292 valence electrons. The van der Waals surface area contributed by atoms with Crippen molar-refractivity contribution in [2.75, 3.05) is 19.8 Å². The molecular weight excluding hydrogens is 673 g/mol. The number of phosphoric acid groups is 1. The summed E-state index contributed by atoms with van der Waals surface area (Å²) in [4.78, 5) is 45.6. The molecular formula is C39H66NO10P. The zero-order valence-electron chi connectivity index (χ0n) is 31.2. The first kappa shape index (κ1) is 48.2. The molecule has 0 aliphatic heterocycles. The summed E-state index contributed by atoms with van der Waals surface area (Å²) in [6.07, 6.45) is 37.4. The maximum atomic E-state index is 12.5. The molecule has 3 atom stereocenters. The molecule has 4 N–H and O–H groups in total. The van der Waals surface area contributed by atoms with Crippen molar-refractivity contribution in [3.05, 3.63) is 60.8 Å². The van der Waals surface area contributed by atoms with Gasteiger partial charge in [-0.05, 0) is 57.8 Å². The van der Waals surface area contributed by atoms with E-state index in [1.165, 1.54) is 25.7 Å². The van der Waals surface area contributed by atoms with Gasteiger partial charge in [-0.15, -0.1) is 0 Å². The summed E-state index contributed by atoms with van der Waals surface area (Å²) < 4.78 is 32.4. The largest absolute Gasteiger partial charge is 0.480 e. The van der Waals surface area contributed by atoms with Crippen molar-refractivity contribution in [3.8, 4) is 0 Å². The Labute approximate surface area is 307 Å². The Kier molecular flexibility index (Phi) is 32.4. The second-order valence-corrected chi connectivity index (χ2v) is 13.8. The number of esters is 2. The van der Waals surface area contributed by atoms with E-state index in [9.17, 15) is 23.8 Å². The first-order valence-corrected chi connectivity index (χ1v) is 20.3. The van der Waals surface area contributed by atoms with Crippen LogP contribution in [0.3, 0.4) is 0 Å². The molecule has 51 heavy (non-hydrogen) atoms. The van der Waals surface area contributed by atoms with E-state index in [4.69, 9.17) is 24.8 Å². The Bertz CT molecular complexity index is 1100. The summed E-state index contributed by atoms with van der Waals surface area (Å²) in [5, 5.41) is 8.84. The number of rotatable bonds is 34. The molecule has 0 aliphatic carbocycles. The minimum absolute atomic E-state index is 0.120. The molecule has 0 aromatic carbocycles. The zero-order chi connectivity index (χ0) is 37.8. The highest BCUT2D eigenvalue weighted by Gasteiger charge is 2.28. The molecule has 11 nitrogen and oxygen atoms in total. The van der Waals surface area contributed by atoms with Crippen LogP contribution in [0.1, 0.15) is 136 Å². The molecule has 0 fully saturated rings. The van der Waals surface area contributed by atoms with Crippen LogP contribution in [-0.2, 0) is 37.5 Å². The molecule has 0 amide bonds. The Morgan fingerprint density at radius 2 is 1.10 bits per heavy atom. The van der Waals surface area contributed by atoms with E-state index >= 15 is 0 Å². The van der Waals surface area contributed by atoms with E-state index in [1.54, 1.807) is 0 Å². The zero-order valence-corrected chi connectivity index (χ0v) is 32.1. The van der Waals surface area contributed by atoms with Crippen molar-refractivity contribution >= 4 is 25.7 Å². The third-order valence-corrected chi connectivity index (χ3v) is 8.48. The maximum absolute atomic E-state index is 12.5. The lowest BCUT2D eigenvalue weighted by molar-refractivity contribution is -0.161. The predicted molar refractivity (Wildman–Crippen MR) is 203 cm³/mol. The number of allylic oxidation sites excluding steroid dienone is 10. The van der Waals surface area contributed by atoms with Crippen molar-refractivity contribution in [3.63, 3.8) is 0 Å². The van der Waals surface area contributed by atoms with Gasteiger partial charge in [0.05, 0.1) is 13.2 Å². The summed E-state index contributed by atoms with van der Waals surface area (Å²) in [6, 6.07) is -1.53. The van der Waals surface area contributed by atoms with Crippen LogP contribution >= 0.6 is 7.82 Å². The second kappa shape index (κ2) is 34.3. The summed E-state index contributed by atoms with van der Waals surface area (Å²) in [5.74, 6) is -2.44. The topological polar surface area (TPSA) is 172 Å². The number of nitrogens with two attached hydrogens (primary N) is 1. The summed E-state index contributed by atoms with van der Waals surface area (Å²) in [7, 11) is -4.72. The molecule has 0 saturated carbocycles. The van der Waals surface area contributed by atoms with Gasteiger partial charge in [0.1, 0.15) is 12.6 Å². The van der Waals surface area contributed by atoms with Crippen molar-refractivity contribution in [1.82, 2.24) is 0 Å². The number of hydrogen-bond donors (Lipinski definition) is 3. The molecule has 0 aromatic rings. The molecule has 12 heteroatoms. The van der Waals surface area contributed by atoms with Gasteiger partial charge in [-0.1, -0.05) is 126 Å². The van der Waals surface area contributed by atoms with Gasteiger partial charge in [0.2, 0.25) is 0 Å². The van der Waals surface area contributed by atoms with Crippen molar-refractivity contribution in [2.45, 2.75) is 148 Å². The molecule has 0 aromatic heterocycles. The van der Waals surface area contributed by atoms with Crippen molar-refractivity contribution in [1.29, 1.82) is 0 Å². The molecule has 0 saturated heterocycles. The SMILES string of the molecule is CC/C=C/C/C=C/C/C=C/C/C=C/C/C=C/CCCCCC(=O)O[C@@H](COC(=O)CCCCCCCCCC)COP(=O)(O)OC[C@H](N)C(=O)O. The number of phosphoric ester groups is 1. The van der Waals surface area contributed by atoms with Gasteiger partial charge in [0, 0.05) is 12.8 Å². The lowest BCUT2D eigenvalue weighted by atomic mass is 10.1. The number of carbonyl (C=O) groups excluding carboxylic acids is 2. The summed E-state index contributed by atoms with van der Waals surface area (Å²) in [5.41, 5.74) is 5.30. The Balaban J connectivity index is 4.48. The number of hydrogen-bond acceptors (Lipinski definition) is 9. The molecule has 0 spiro atoms. The smallest absolute Gasteiger partial charge is 0.472 e. The monoisotopic (exact) mass is 739 g/mol. The van der Waals surface area contributed by atoms with Gasteiger partial charge in [-0.3, -0.25) is 23.4 Å². The van der Waals surface area contributed by atoms with Crippen molar-refractivity contribution in [2.24, 2.45) is 5.73 Å². The van der Waals surface area contributed by atoms with Gasteiger partial charge >= 0.3 is 25.7 Å². The van der Waals surface area contributed by atoms with Crippen LogP contribution in [0.4, 0.5) is 0 Å². The van der Waals surface area contributed by atoms with Crippen molar-refractivity contribution < 1.29 is 47.5 Å². The van der Waals surface area contributed by atoms with Gasteiger partial charge in [-0.2, -0.15) is 0 Å². The summed E-state index contributed by atoms with van der Waals surface area (Å²) in [6.45, 7) is 2.58. The van der Waals surface area contributed by atoms with E-state index in [0.29, 0.717) is 12.8 Å². The first-order chi connectivity index (χ1) is 24.6. The van der Waals surface area contributed by atoms with E-state index in [0.717, 1.165) is 70.6 Å². The average Bonchev–Trinajstić information content (AvgIpc) is 3.10. The Morgan fingerprint density at radius 3 is 1.65 bits per heavy atom. The third-order valence-electron chi connectivity index (χ3n) is 7.53. The Hall–Kier alpha value is -2.82. The number of carbonyl (C=O) groups is 3. The highest BCUT2D eigenvalue weighted by atomic mass is 31.2. The third kappa shape index (κ3) is 34.1. The van der Waals surface area contributed by atoms with E-state index < -0.39 is 51.1 Å². The van der Waals surface area contributed by atoms with Crippen LogP contribution in [0.15, 0.2) is 60.8 Å². The highest BCUT2D eigenvalue weighted by molar-refractivity contribution is 7.47. The van der Waals surface area contributed by atoms with Crippen LogP contribution in [0.2, 0.25) is 0 Å². The molecule has 1 unspecified atom stereocenters. The highest BCUT2D eigenvalue weighted by Crippen LogP contribution is 2.43. The standard InChI is InChI=1S/C39H66NO10P/c1-3-5-7-9-11-13-14-15-16-17-18-19-20-21-22-23-25-27-29-31-38(42)50-35(33-48-51(45,46)49-34-36(40)39(43)44)32-47-37(41)30-28-26-24-12-10-8-6-4-2/h5,7,11,13,15-16,18-19,21-22,35-36H,3-4,6,8-10,12,14,17,20,23-34,40H2,1-2H3,(H,43,44)(H,45,46)/b7-5+,13-11+,16-15+,19-18+,22-21+/t35-,36-/m0/s1. The quantitative estimate of drug-likeness (QED) is 0.0249. The summed E-state index contributed by atoms with van der Waals surface area (Å²) >= 11 is 0. The minimum atomic E-state index is -4.72. The van der Waals surface area contributed by atoms with Crippen LogP contribution in [0.25, 0.3) is 0 Å². The molecule has 0 radical (unpaired) electrons. The fourth-order valence-corrected chi connectivity index (χ4v) is 5.34. The van der Waals surface area contributed by atoms with E-state index in [1.807, 2.05) is 0 Å². The van der Waals surface area contributed by atoms with Crippen LogP contribution in [-0.4, -0.2) is 59.9 Å². The molecule has 0 heterocycles. The fourth-order valence-electron chi connectivity index (χ4n) is 4.56. The van der Waals surface area contributed by atoms with Crippen LogP contribution in [0.5, 0.6) is 0 Å². The van der Waals surface area contributed by atoms with E-state index in [-0.39, 0.29) is 19.4 Å². The van der Waals surface area contributed by atoms with Crippen LogP contribution in [0, 0.1) is 0 Å². The number of aliphatic carboxylic acids is 1. The van der Waals surface area contributed by atoms with E-state index in [2.05, 4.69) is 79.1 Å². The fraction of sp³-hybridized carbons (Fsp3) is 0.667. The lowest BCUT2D eigenvalue weighted by Crippen LogP contribution is -2.34. The molecule has 0 bridgehead atoms. The lowest BCUT2D eigenvalue weighted by Gasteiger charge is -2.20. The normalized spacial score (nSPS) is 14.6. The molecule has 0 rings (SSSR count). The first-order valence-electron chi connectivity index (χ1n) is 18.8. The number of ether oxygens (including phenoxy) is 2. The average molecular weight is 740 g/mol. The van der Waals surface area contributed by atoms with Gasteiger partial charge < -0.3 is 25.2 Å². The predicted octanol–water partition coefficient (Wildman–Crippen LogP) is 9.22. The maximum Gasteiger partial charge on any atom is 0.472 e. The number of unbranched alkanes of at least 4 members (excludes halogenated alkanes) is 10. The van der Waals surface area contributed by atoms with Gasteiger partial charge in [-0.25, -0.2) is 4.57 Å². The minimum Gasteiger partial charge on any atom is -0.480 e. The number of carboxylic acid groups (broad SMARTS) is 1. The number of carboxylic acids is 1. The Morgan fingerprint density at radius 1 is 0.627 bits per heavy atom. The second-order valence-electron chi connectivity index (χ2n) is 12.3. The molecule has 0 aliphatic rings. The van der Waals surface area contributed by atoms with Gasteiger partial charge in [0.25, 0.3) is 0 Å². The van der Waals surface area contributed by atoms with Crippen LogP contribution < -0.4 is 5.73 Å². The van der Waals surface area contributed by atoms with Gasteiger partial charge in [0.15, 0.2) is 6.10 Å².